The van der Waals surface area contributed by atoms with Gasteiger partial charge in [-0.2, -0.15) is 4.72 Å². The van der Waals surface area contributed by atoms with Gasteiger partial charge in [0, 0.05) is 6.07 Å². The summed E-state index contributed by atoms with van der Waals surface area (Å²) in [5, 5.41) is -0.503. The van der Waals surface area contributed by atoms with Gasteiger partial charge >= 0.3 is 13.6 Å². The molecule has 12 nitrogen and oxygen atoms in total. The molecule has 0 unspecified atom stereocenters. The Bertz CT molecular complexity index is 1310. The number of para-hydroxylation sites is 1. The minimum Gasteiger partial charge on any atom is -0.468 e. The maximum atomic E-state index is 12.7. The second kappa shape index (κ2) is 7.21. The molecule has 1 aliphatic carbocycles. The van der Waals surface area contributed by atoms with Crippen molar-refractivity contribution in [3.8, 4) is 11.5 Å². The van der Waals surface area contributed by atoms with Crippen molar-refractivity contribution in [3.63, 3.8) is 0 Å². The summed E-state index contributed by atoms with van der Waals surface area (Å²) < 4.78 is 48.9. The van der Waals surface area contributed by atoms with Gasteiger partial charge in [0.1, 0.15) is 28.3 Å². The van der Waals surface area contributed by atoms with E-state index in [4.69, 9.17) is 10.2 Å². The molecule has 0 spiro atoms. The molecule has 0 radical (unpaired) electrons. The van der Waals surface area contributed by atoms with Crippen molar-refractivity contribution >= 4 is 45.7 Å². The Morgan fingerprint density at radius 3 is 2.69 bits per heavy atom. The number of anilines is 1. The van der Waals surface area contributed by atoms with E-state index in [0.717, 1.165) is 19.2 Å². The Balaban J connectivity index is 2.37. The second-order valence-corrected chi connectivity index (χ2v) is 9.02. The van der Waals surface area contributed by atoms with E-state index in [-0.39, 0.29) is 16.9 Å². The van der Waals surface area contributed by atoms with E-state index in [2.05, 4.69) is 9.72 Å². The van der Waals surface area contributed by atoms with Gasteiger partial charge in [0.15, 0.2) is 11.3 Å². The zero-order valence-corrected chi connectivity index (χ0v) is 16.4. The minimum absolute atomic E-state index is 0.0895. The molecule has 154 valence electrons. The lowest BCUT2D eigenvalue weighted by molar-refractivity contribution is -0.139. The number of nitrogens with two attached hydrogens (primary N) is 1. The maximum absolute atomic E-state index is 12.7. The molecule has 1 aliphatic heterocycles. The first-order chi connectivity index (χ1) is 13.5. The van der Waals surface area contributed by atoms with Crippen LogP contribution in [-0.2, 0) is 24.1 Å². The number of fused-ring (bicyclic) bond motifs is 2. The Kier molecular flexibility index (Phi) is 5.19. The molecule has 29 heavy (non-hydrogen) atoms. The number of rotatable bonds is 5. The molecule has 0 amide bonds. The first kappa shape index (κ1) is 20.9. The van der Waals surface area contributed by atoms with Crippen LogP contribution in [0.3, 0.4) is 0 Å². The molecule has 0 aromatic heterocycles. The predicted octanol–water partition coefficient (Wildman–Crippen LogP) is -0.871. The number of ether oxygens (including phenoxy) is 1. The number of carbonyl (C=O) groups is 1. The highest BCUT2D eigenvalue weighted by molar-refractivity contribution is 7.89. The van der Waals surface area contributed by atoms with Gasteiger partial charge < -0.3 is 24.7 Å². The molecule has 1 aromatic carbocycles. The highest BCUT2D eigenvalue weighted by Gasteiger charge is 2.31. The van der Waals surface area contributed by atoms with Crippen LogP contribution >= 0.6 is 7.60 Å². The largest absolute Gasteiger partial charge is 0.468 e. The SMILES string of the molecule is COC(=O)CNS(=O)(=O)c1c2nc3c(P(=O)(O)O)cccc3oc-2cc(=O)c1N. The van der Waals surface area contributed by atoms with E-state index in [1.54, 1.807) is 0 Å². The number of benzene rings is 2. The summed E-state index contributed by atoms with van der Waals surface area (Å²) in [5.74, 6) is -1.18. The van der Waals surface area contributed by atoms with Gasteiger partial charge in [-0.15, -0.1) is 0 Å². The number of sulfonamides is 1. The van der Waals surface area contributed by atoms with E-state index in [1.165, 1.54) is 12.1 Å². The fourth-order valence-corrected chi connectivity index (χ4v) is 4.50. The van der Waals surface area contributed by atoms with Crippen LogP contribution in [0.4, 0.5) is 5.69 Å². The molecule has 0 fully saturated rings. The highest BCUT2D eigenvalue weighted by atomic mass is 32.2. The molecule has 14 heteroatoms. The smallest absolute Gasteiger partial charge is 0.358 e. The van der Waals surface area contributed by atoms with Gasteiger partial charge in [0.05, 0.1) is 12.4 Å². The van der Waals surface area contributed by atoms with E-state index in [1.807, 2.05) is 4.72 Å². The summed E-state index contributed by atoms with van der Waals surface area (Å²) in [6.45, 7) is -0.749. The fraction of sp³-hybridized carbons (Fsp3) is 0.133. The number of hydrogen-bond donors (Lipinski definition) is 4. The van der Waals surface area contributed by atoms with E-state index in [0.29, 0.717) is 0 Å². The van der Waals surface area contributed by atoms with E-state index in [9.17, 15) is 32.4 Å². The van der Waals surface area contributed by atoms with Crippen LogP contribution in [0, 0.1) is 0 Å². The Hall–Kier alpha value is -2.83. The van der Waals surface area contributed by atoms with Crippen molar-refractivity contribution in [2.75, 3.05) is 19.4 Å². The number of nitrogens with one attached hydrogen (secondary N) is 1. The monoisotopic (exact) mass is 443 g/mol. The van der Waals surface area contributed by atoms with Crippen LogP contribution in [-0.4, -0.2) is 42.8 Å². The lowest BCUT2D eigenvalue weighted by Gasteiger charge is -2.15. The summed E-state index contributed by atoms with van der Waals surface area (Å²) in [4.78, 5) is 45.7. The molecule has 0 saturated heterocycles. The lowest BCUT2D eigenvalue weighted by atomic mass is 10.2. The number of carbonyl (C=O) groups excluding carboxylic acids is 1. The van der Waals surface area contributed by atoms with Gasteiger partial charge in [-0.05, 0) is 12.1 Å². The quantitative estimate of drug-likeness (QED) is 0.165. The van der Waals surface area contributed by atoms with Crippen LogP contribution in [0.15, 0.2) is 38.4 Å². The molecule has 0 atom stereocenters. The van der Waals surface area contributed by atoms with Crippen molar-refractivity contribution in [2.24, 2.45) is 0 Å². The van der Waals surface area contributed by atoms with Crippen molar-refractivity contribution in [2.45, 2.75) is 4.90 Å². The van der Waals surface area contributed by atoms with E-state index < -0.39 is 57.1 Å². The third-order valence-electron chi connectivity index (χ3n) is 3.86. The standard InChI is InChI=1S/C15H14N3O9PS/c1-26-11(20)6-17-29(24,25)15-12(16)7(19)5-9-14(15)18-13-8(27-9)3-2-4-10(13)28(21,22)23/h2-5,17H,6,16H2,1H3,(H2,21,22,23). The maximum Gasteiger partial charge on any atom is 0.358 e. The Labute approximate surface area is 162 Å². The first-order valence-corrected chi connectivity index (χ1v) is 10.8. The molecular formula is C15H14N3O9PS. The fourth-order valence-electron chi connectivity index (χ4n) is 2.54. The normalized spacial score (nSPS) is 12.4. The number of aromatic nitrogens is 1. The van der Waals surface area contributed by atoms with Crippen LogP contribution in [0.2, 0.25) is 0 Å². The summed E-state index contributed by atoms with van der Waals surface area (Å²) in [6, 6.07) is 4.65. The second-order valence-electron chi connectivity index (χ2n) is 5.75. The number of nitrogens with zero attached hydrogens (tertiary/aromatic N) is 1. The average molecular weight is 443 g/mol. The third kappa shape index (κ3) is 3.86. The predicted molar refractivity (Wildman–Crippen MR) is 100 cm³/mol. The summed E-state index contributed by atoms with van der Waals surface area (Å²) in [5.41, 5.74) is 3.24. The number of hydrogen-bond acceptors (Lipinski definition) is 9. The van der Waals surface area contributed by atoms with Crippen molar-refractivity contribution in [1.29, 1.82) is 0 Å². The zero-order chi connectivity index (χ0) is 21.6. The van der Waals surface area contributed by atoms with Crippen molar-refractivity contribution in [3.05, 3.63) is 34.5 Å². The van der Waals surface area contributed by atoms with Gasteiger partial charge in [-0.3, -0.25) is 14.2 Å². The molecule has 1 heterocycles. The Morgan fingerprint density at radius 2 is 2.07 bits per heavy atom. The lowest BCUT2D eigenvalue weighted by Crippen LogP contribution is -2.32. The highest BCUT2D eigenvalue weighted by Crippen LogP contribution is 2.38. The average Bonchev–Trinajstić information content (AvgIpc) is 2.64. The van der Waals surface area contributed by atoms with Gasteiger partial charge in [-0.25, -0.2) is 13.4 Å². The number of esters is 1. The van der Waals surface area contributed by atoms with Crippen molar-refractivity contribution < 1.29 is 36.7 Å². The summed E-state index contributed by atoms with van der Waals surface area (Å²) >= 11 is 0. The Morgan fingerprint density at radius 1 is 1.38 bits per heavy atom. The van der Waals surface area contributed by atoms with Crippen LogP contribution in [0.5, 0.6) is 0 Å². The molecule has 5 N–H and O–H groups in total. The molecule has 3 rings (SSSR count). The molecule has 0 saturated carbocycles. The summed E-state index contributed by atoms with van der Waals surface area (Å²) in [7, 11) is -8.29. The van der Waals surface area contributed by atoms with Crippen LogP contribution < -0.4 is 21.2 Å². The number of methoxy groups -OCH3 is 1. The first-order valence-electron chi connectivity index (χ1n) is 7.74. The summed E-state index contributed by atoms with van der Waals surface area (Å²) in [6.07, 6.45) is 0. The topological polar surface area (TPSA) is 199 Å². The van der Waals surface area contributed by atoms with Crippen molar-refractivity contribution in [1.82, 2.24) is 9.71 Å². The third-order valence-corrected chi connectivity index (χ3v) is 6.32. The number of nitrogen functional groups attached to an aromatic ring is 1. The zero-order valence-electron chi connectivity index (χ0n) is 14.6. The van der Waals surface area contributed by atoms with Gasteiger partial charge in [0.25, 0.3) is 0 Å². The molecule has 0 bridgehead atoms. The van der Waals surface area contributed by atoms with Crippen LogP contribution in [0.1, 0.15) is 0 Å². The van der Waals surface area contributed by atoms with E-state index >= 15 is 0 Å². The van der Waals surface area contributed by atoms with Gasteiger partial charge in [0.2, 0.25) is 15.5 Å². The molecular weight excluding hydrogens is 429 g/mol. The van der Waals surface area contributed by atoms with Gasteiger partial charge in [-0.1, -0.05) is 6.07 Å². The molecule has 1 aromatic rings. The minimum atomic E-state index is -4.79. The van der Waals surface area contributed by atoms with Crippen LogP contribution in [0.25, 0.3) is 22.6 Å². The molecule has 2 aliphatic rings.